The summed E-state index contributed by atoms with van der Waals surface area (Å²) in [6, 6.07) is 3.79. The second-order valence-corrected chi connectivity index (χ2v) is 7.86. The predicted molar refractivity (Wildman–Crippen MR) is 102 cm³/mol. The van der Waals surface area contributed by atoms with Crippen molar-refractivity contribution in [3.8, 4) is 0 Å². The molecular weight excluding hydrogens is 348 g/mol. The molecular formula is C19H26N4O2S. The summed E-state index contributed by atoms with van der Waals surface area (Å²) in [4.78, 5) is 27.5. The molecule has 0 bridgehead atoms. The topological polar surface area (TPSA) is 67.2 Å². The van der Waals surface area contributed by atoms with Crippen LogP contribution in [0.4, 0.5) is 0 Å². The van der Waals surface area contributed by atoms with E-state index in [0.29, 0.717) is 19.4 Å². The van der Waals surface area contributed by atoms with Crippen LogP contribution in [0.2, 0.25) is 0 Å². The van der Waals surface area contributed by atoms with Crippen molar-refractivity contribution in [2.24, 2.45) is 7.05 Å². The lowest BCUT2D eigenvalue weighted by Crippen LogP contribution is -2.49. The van der Waals surface area contributed by atoms with Crippen LogP contribution >= 0.6 is 11.3 Å². The van der Waals surface area contributed by atoms with Gasteiger partial charge < -0.3 is 10.2 Å². The van der Waals surface area contributed by atoms with E-state index in [2.05, 4.69) is 10.4 Å². The van der Waals surface area contributed by atoms with Crippen LogP contribution in [0.15, 0.2) is 17.5 Å². The molecule has 1 N–H and O–H groups in total. The summed E-state index contributed by atoms with van der Waals surface area (Å²) < 4.78 is 1.86. The minimum atomic E-state index is 0.0382. The molecule has 1 atom stereocenters. The summed E-state index contributed by atoms with van der Waals surface area (Å²) in [7, 11) is 1.92. The number of likely N-dealkylation sites (tertiary alicyclic amines) is 1. The highest BCUT2D eigenvalue weighted by Gasteiger charge is 2.26. The van der Waals surface area contributed by atoms with Crippen molar-refractivity contribution in [2.75, 3.05) is 13.1 Å². The molecule has 2 aromatic heterocycles. The van der Waals surface area contributed by atoms with Crippen LogP contribution in [0.3, 0.4) is 0 Å². The van der Waals surface area contributed by atoms with Crippen LogP contribution in [0, 0.1) is 13.8 Å². The van der Waals surface area contributed by atoms with Gasteiger partial charge in [0.05, 0.1) is 10.6 Å². The first-order valence-corrected chi connectivity index (χ1v) is 9.95. The van der Waals surface area contributed by atoms with Crippen LogP contribution in [0.5, 0.6) is 0 Å². The van der Waals surface area contributed by atoms with Gasteiger partial charge in [-0.1, -0.05) is 6.07 Å². The number of rotatable bonds is 5. The van der Waals surface area contributed by atoms with Crippen molar-refractivity contribution in [1.29, 1.82) is 0 Å². The Labute approximate surface area is 158 Å². The van der Waals surface area contributed by atoms with E-state index in [9.17, 15) is 9.59 Å². The monoisotopic (exact) mass is 374 g/mol. The van der Waals surface area contributed by atoms with Crippen molar-refractivity contribution in [3.05, 3.63) is 39.3 Å². The van der Waals surface area contributed by atoms with Gasteiger partial charge in [-0.15, -0.1) is 11.3 Å². The van der Waals surface area contributed by atoms with Gasteiger partial charge in [-0.2, -0.15) is 5.10 Å². The third-order valence-corrected chi connectivity index (χ3v) is 5.92. The Morgan fingerprint density at radius 1 is 1.38 bits per heavy atom. The number of nitrogens with zero attached hydrogens (tertiary/aromatic N) is 3. The average Bonchev–Trinajstić information content (AvgIpc) is 3.23. The fraction of sp³-hybridized carbons (Fsp3) is 0.526. The van der Waals surface area contributed by atoms with E-state index in [1.807, 2.05) is 48.0 Å². The minimum Gasteiger partial charge on any atom is -0.352 e. The molecule has 1 fully saturated rings. The first-order chi connectivity index (χ1) is 12.5. The summed E-state index contributed by atoms with van der Waals surface area (Å²) in [5.41, 5.74) is 3.25. The zero-order chi connectivity index (χ0) is 18.7. The first kappa shape index (κ1) is 18.6. The van der Waals surface area contributed by atoms with E-state index in [1.54, 1.807) is 0 Å². The molecule has 1 saturated heterocycles. The zero-order valence-corrected chi connectivity index (χ0v) is 16.4. The van der Waals surface area contributed by atoms with E-state index in [1.165, 1.54) is 11.3 Å². The molecule has 26 heavy (non-hydrogen) atoms. The quantitative estimate of drug-likeness (QED) is 0.874. The highest BCUT2D eigenvalue weighted by molar-refractivity contribution is 7.12. The molecule has 1 aliphatic heterocycles. The molecule has 0 aromatic carbocycles. The number of aromatic nitrogens is 2. The molecule has 0 spiro atoms. The van der Waals surface area contributed by atoms with Crippen LogP contribution in [-0.2, 0) is 18.3 Å². The Morgan fingerprint density at radius 2 is 2.19 bits per heavy atom. The van der Waals surface area contributed by atoms with E-state index in [0.717, 1.165) is 41.2 Å². The number of carbonyl (C=O) groups excluding carboxylic acids is 2. The highest BCUT2D eigenvalue weighted by Crippen LogP contribution is 2.18. The minimum absolute atomic E-state index is 0.0382. The van der Waals surface area contributed by atoms with Crippen molar-refractivity contribution >= 4 is 23.2 Å². The van der Waals surface area contributed by atoms with E-state index in [4.69, 9.17) is 0 Å². The second-order valence-electron chi connectivity index (χ2n) is 6.91. The van der Waals surface area contributed by atoms with Gasteiger partial charge in [0.15, 0.2) is 0 Å². The number of hydrogen-bond donors (Lipinski definition) is 1. The maximum absolute atomic E-state index is 12.5. The molecule has 0 saturated carbocycles. The van der Waals surface area contributed by atoms with Crippen LogP contribution < -0.4 is 5.32 Å². The maximum atomic E-state index is 12.5. The Morgan fingerprint density at radius 3 is 2.85 bits per heavy atom. The standard InChI is InChI=1S/C19H26N4O2S/c1-13-16(14(2)22(3)21-13)8-9-18(24)20-15-6-4-10-23(12-15)19(25)17-7-5-11-26-17/h5,7,11,15H,4,6,8-10,12H2,1-3H3,(H,20,24)/t15-/m0/s1. The van der Waals surface area contributed by atoms with Gasteiger partial charge in [-0.25, -0.2) is 0 Å². The van der Waals surface area contributed by atoms with Gasteiger partial charge in [0.2, 0.25) is 5.91 Å². The van der Waals surface area contributed by atoms with Gasteiger partial charge >= 0.3 is 0 Å². The van der Waals surface area contributed by atoms with Gasteiger partial charge in [0, 0.05) is 38.3 Å². The number of thiophene rings is 1. The number of amides is 2. The van der Waals surface area contributed by atoms with Gasteiger partial charge in [0.25, 0.3) is 5.91 Å². The van der Waals surface area contributed by atoms with E-state index >= 15 is 0 Å². The first-order valence-electron chi connectivity index (χ1n) is 9.07. The Bertz CT molecular complexity index is 782. The molecule has 0 aliphatic carbocycles. The van der Waals surface area contributed by atoms with Crippen LogP contribution in [0.1, 0.15) is 45.9 Å². The molecule has 3 heterocycles. The third-order valence-electron chi connectivity index (χ3n) is 5.07. The lowest BCUT2D eigenvalue weighted by atomic mass is 10.0. The van der Waals surface area contributed by atoms with Gasteiger partial charge in [-0.05, 0) is 50.1 Å². The van der Waals surface area contributed by atoms with Crippen LogP contribution in [-0.4, -0.2) is 45.6 Å². The van der Waals surface area contributed by atoms with Crippen molar-refractivity contribution in [1.82, 2.24) is 20.0 Å². The second kappa shape index (κ2) is 8.03. The largest absolute Gasteiger partial charge is 0.352 e. The fourth-order valence-corrected chi connectivity index (χ4v) is 4.24. The third kappa shape index (κ3) is 4.15. The fourth-order valence-electron chi connectivity index (χ4n) is 3.55. The molecule has 7 heteroatoms. The van der Waals surface area contributed by atoms with Crippen LogP contribution in [0.25, 0.3) is 0 Å². The zero-order valence-electron chi connectivity index (χ0n) is 15.6. The lowest BCUT2D eigenvalue weighted by molar-refractivity contribution is -0.122. The maximum Gasteiger partial charge on any atom is 0.263 e. The number of nitrogens with one attached hydrogen (secondary N) is 1. The van der Waals surface area contributed by atoms with Crippen molar-refractivity contribution in [2.45, 2.75) is 45.6 Å². The molecule has 0 radical (unpaired) electrons. The number of hydrogen-bond acceptors (Lipinski definition) is 4. The molecule has 2 aromatic rings. The summed E-state index contributed by atoms with van der Waals surface area (Å²) >= 11 is 1.46. The Hall–Kier alpha value is -2.15. The smallest absolute Gasteiger partial charge is 0.263 e. The summed E-state index contributed by atoms with van der Waals surface area (Å²) in [5.74, 6) is 0.114. The molecule has 6 nitrogen and oxygen atoms in total. The summed E-state index contributed by atoms with van der Waals surface area (Å²) in [6.45, 7) is 5.36. The number of carbonyl (C=O) groups is 2. The Kier molecular flexibility index (Phi) is 5.76. The molecule has 2 amide bonds. The van der Waals surface area contributed by atoms with E-state index in [-0.39, 0.29) is 17.9 Å². The average molecular weight is 375 g/mol. The van der Waals surface area contributed by atoms with E-state index < -0.39 is 0 Å². The van der Waals surface area contributed by atoms with Crippen molar-refractivity contribution < 1.29 is 9.59 Å². The number of aryl methyl sites for hydroxylation is 2. The van der Waals surface area contributed by atoms with Crippen molar-refractivity contribution in [3.63, 3.8) is 0 Å². The molecule has 1 aliphatic rings. The summed E-state index contributed by atoms with van der Waals surface area (Å²) in [6.07, 6.45) is 2.98. The lowest BCUT2D eigenvalue weighted by Gasteiger charge is -2.33. The molecule has 0 unspecified atom stereocenters. The summed E-state index contributed by atoms with van der Waals surface area (Å²) in [5, 5.41) is 9.42. The Balaban J connectivity index is 1.51. The molecule has 140 valence electrons. The highest BCUT2D eigenvalue weighted by atomic mass is 32.1. The molecule has 3 rings (SSSR count). The SMILES string of the molecule is Cc1nn(C)c(C)c1CCC(=O)N[C@H]1CCCN(C(=O)c2cccs2)C1. The normalized spacial score (nSPS) is 17.3. The van der Waals surface area contributed by atoms with Gasteiger partial charge in [0.1, 0.15) is 0 Å². The predicted octanol–water partition coefficient (Wildman–Crippen LogP) is 2.45. The number of piperidine rings is 1. The van der Waals surface area contributed by atoms with Gasteiger partial charge in [-0.3, -0.25) is 14.3 Å².